The molecule has 1 aliphatic heterocycles. The summed E-state index contributed by atoms with van der Waals surface area (Å²) in [5.41, 5.74) is -0.0480. The molecule has 1 aromatic rings. The van der Waals surface area contributed by atoms with Crippen LogP contribution in [0.3, 0.4) is 0 Å². The first kappa shape index (κ1) is 19.5. The van der Waals surface area contributed by atoms with Crippen molar-refractivity contribution in [3.05, 3.63) is 34.6 Å². The third kappa shape index (κ3) is 4.63. The van der Waals surface area contributed by atoms with E-state index in [-0.39, 0.29) is 11.6 Å². The van der Waals surface area contributed by atoms with Gasteiger partial charge >= 0.3 is 12.1 Å². The Kier molecular flexibility index (Phi) is 5.93. The number of carbonyl (C=O) groups excluding carboxylic acids is 2. The maximum absolute atomic E-state index is 13.5. The third-order valence-corrected chi connectivity index (χ3v) is 4.17. The molecule has 1 heterocycles. The van der Waals surface area contributed by atoms with Crippen LogP contribution in [0.5, 0.6) is 0 Å². The molecule has 0 N–H and O–H groups in total. The smallest absolute Gasteiger partial charge is 0.411 e. The van der Waals surface area contributed by atoms with E-state index in [0.29, 0.717) is 18.4 Å². The van der Waals surface area contributed by atoms with E-state index >= 15 is 0 Å². The zero-order valence-electron chi connectivity index (χ0n) is 14.8. The van der Waals surface area contributed by atoms with Gasteiger partial charge in [-0.2, -0.15) is 0 Å². The van der Waals surface area contributed by atoms with E-state index in [4.69, 9.17) is 21.1 Å². The molecule has 0 bridgehead atoms. The van der Waals surface area contributed by atoms with Gasteiger partial charge in [0.05, 0.1) is 17.7 Å². The Labute approximate surface area is 152 Å². The Morgan fingerprint density at radius 2 is 2.00 bits per heavy atom. The van der Waals surface area contributed by atoms with Crippen LogP contribution < -0.4 is 0 Å². The molecule has 1 saturated heterocycles. The highest BCUT2D eigenvalue weighted by atomic mass is 35.5. The van der Waals surface area contributed by atoms with Crippen molar-refractivity contribution in [2.24, 2.45) is 0 Å². The van der Waals surface area contributed by atoms with E-state index in [9.17, 15) is 14.0 Å². The number of carbonyl (C=O) groups is 2. The lowest BCUT2D eigenvalue weighted by Gasteiger charge is -2.32. The standard InChI is InChI=1S/C18H23ClFNO4/c1-5-24-16(22)15-9-8-14(11-6-7-13(20)12(19)10-11)21(15)17(23)25-18(2,3)4/h6-7,10,14-15H,5,8-9H2,1-4H3/t14-,15+/m0/s1. The number of hydrogen-bond acceptors (Lipinski definition) is 4. The van der Waals surface area contributed by atoms with Gasteiger partial charge < -0.3 is 9.47 Å². The van der Waals surface area contributed by atoms with Crippen LogP contribution in [0.1, 0.15) is 52.1 Å². The number of halogens is 2. The van der Waals surface area contributed by atoms with Gasteiger partial charge in [0.2, 0.25) is 0 Å². The minimum Gasteiger partial charge on any atom is -0.464 e. The topological polar surface area (TPSA) is 55.8 Å². The molecule has 0 aromatic heterocycles. The van der Waals surface area contributed by atoms with Crippen LogP contribution in [0, 0.1) is 5.82 Å². The van der Waals surface area contributed by atoms with Crippen molar-refractivity contribution in [3.8, 4) is 0 Å². The Balaban J connectivity index is 2.35. The SMILES string of the molecule is CCOC(=O)[C@H]1CC[C@@H](c2ccc(F)c(Cl)c2)N1C(=O)OC(C)(C)C. The molecule has 1 aromatic carbocycles. The highest BCUT2D eigenvalue weighted by molar-refractivity contribution is 6.30. The van der Waals surface area contributed by atoms with Gasteiger partial charge in [0.15, 0.2) is 0 Å². The molecule has 0 aliphatic carbocycles. The lowest BCUT2D eigenvalue weighted by atomic mass is 10.0. The Bertz CT molecular complexity index is 659. The Morgan fingerprint density at radius 3 is 2.56 bits per heavy atom. The molecule has 0 saturated carbocycles. The summed E-state index contributed by atoms with van der Waals surface area (Å²) in [4.78, 5) is 26.4. The molecule has 7 heteroatoms. The van der Waals surface area contributed by atoms with E-state index in [1.54, 1.807) is 33.8 Å². The number of benzene rings is 1. The van der Waals surface area contributed by atoms with Crippen LogP contribution in [-0.2, 0) is 14.3 Å². The van der Waals surface area contributed by atoms with E-state index in [2.05, 4.69) is 0 Å². The van der Waals surface area contributed by atoms with Crippen LogP contribution in [-0.4, -0.2) is 35.2 Å². The molecule has 0 spiro atoms. The predicted molar refractivity (Wildman–Crippen MR) is 91.9 cm³/mol. The van der Waals surface area contributed by atoms with Gasteiger partial charge in [-0.15, -0.1) is 0 Å². The van der Waals surface area contributed by atoms with Crippen LogP contribution in [0.25, 0.3) is 0 Å². The number of amides is 1. The van der Waals surface area contributed by atoms with Gasteiger partial charge in [0.25, 0.3) is 0 Å². The maximum Gasteiger partial charge on any atom is 0.411 e. The van der Waals surface area contributed by atoms with E-state index in [1.165, 1.54) is 17.0 Å². The first-order valence-corrected chi connectivity index (χ1v) is 8.64. The first-order valence-electron chi connectivity index (χ1n) is 8.27. The van der Waals surface area contributed by atoms with Gasteiger partial charge in [-0.05, 0) is 58.2 Å². The summed E-state index contributed by atoms with van der Waals surface area (Å²) in [5.74, 6) is -1.00. The fourth-order valence-corrected chi connectivity index (χ4v) is 3.09. The van der Waals surface area contributed by atoms with E-state index in [1.807, 2.05) is 0 Å². The quantitative estimate of drug-likeness (QED) is 0.735. The molecule has 0 unspecified atom stereocenters. The van der Waals surface area contributed by atoms with Crippen molar-refractivity contribution in [1.29, 1.82) is 0 Å². The normalized spacial score (nSPS) is 20.5. The summed E-state index contributed by atoms with van der Waals surface area (Å²) >= 11 is 5.87. The van der Waals surface area contributed by atoms with Gasteiger partial charge in [-0.3, -0.25) is 4.90 Å². The van der Waals surface area contributed by atoms with E-state index < -0.39 is 35.6 Å². The molecule has 25 heavy (non-hydrogen) atoms. The van der Waals surface area contributed by atoms with Crippen LogP contribution in [0.4, 0.5) is 9.18 Å². The maximum atomic E-state index is 13.5. The lowest BCUT2D eigenvalue weighted by molar-refractivity contribution is -0.148. The molecule has 2 rings (SSSR count). The van der Waals surface area contributed by atoms with Gasteiger partial charge in [0, 0.05) is 0 Å². The summed E-state index contributed by atoms with van der Waals surface area (Å²) in [6.45, 7) is 7.20. The van der Waals surface area contributed by atoms with Gasteiger partial charge in [0.1, 0.15) is 17.5 Å². The van der Waals surface area contributed by atoms with Gasteiger partial charge in [-0.25, -0.2) is 14.0 Å². The second-order valence-electron chi connectivity index (χ2n) is 6.92. The second-order valence-corrected chi connectivity index (χ2v) is 7.33. The highest BCUT2D eigenvalue weighted by Crippen LogP contribution is 2.38. The number of likely N-dealkylation sites (tertiary alicyclic amines) is 1. The van der Waals surface area contributed by atoms with Crippen LogP contribution >= 0.6 is 11.6 Å². The molecule has 0 radical (unpaired) electrons. The molecule has 5 nitrogen and oxygen atoms in total. The molecule has 1 amide bonds. The van der Waals surface area contributed by atoms with Crippen LogP contribution in [0.15, 0.2) is 18.2 Å². The second kappa shape index (κ2) is 7.60. The third-order valence-electron chi connectivity index (χ3n) is 3.88. The molecule has 1 fully saturated rings. The summed E-state index contributed by atoms with van der Waals surface area (Å²) in [7, 11) is 0. The summed E-state index contributed by atoms with van der Waals surface area (Å²) in [6, 6.07) is 3.14. The highest BCUT2D eigenvalue weighted by Gasteiger charge is 2.44. The summed E-state index contributed by atoms with van der Waals surface area (Å²) < 4.78 is 24.0. The minimum absolute atomic E-state index is 0.0266. The molecular formula is C18H23ClFNO4. The monoisotopic (exact) mass is 371 g/mol. The van der Waals surface area contributed by atoms with Gasteiger partial charge in [-0.1, -0.05) is 17.7 Å². The average molecular weight is 372 g/mol. The molecule has 2 atom stereocenters. The Morgan fingerprint density at radius 1 is 1.32 bits per heavy atom. The zero-order valence-corrected chi connectivity index (χ0v) is 15.6. The number of esters is 1. The van der Waals surface area contributed by atoms with Crippen molar-refractivity contribution in [3.63, 3.8) is 0 Å². The minimum atomic E-state index is -0.733. The van der Waals surface area contributed by atoms with Crippen molar-refractivity contribution < 1.29 is 23.5 Å². The van der Waals surface area contributed by atoms with Crippen molar-refractivity contribution in [2.75, 3.05) is 6.61 Å². The predicted octanol–water partition coefficient (Wildman–Crippen LogP) is 4.48. The summed E-state index contributed by atoms with van der Waals surface area (Å²) in [6.07, 6.45) is 0.371. The number of rotatable bonds is 3. The molecular weight excluding hydrogens is 349 g/mol. The lowest BCUT2D eigenvalue weighted by Crippen LogP contribution is -2.45. The van der Waals surface area contributed by atoms with Crippen molar-refractivity contribution in [2.45, 2.75) is 58.2 Å². The largest absolute Gasteiger partial charge is 0.464 e. The van der Waals surface area contributed by atoms with E-state index in [0.717, 1.165) is 0 Å². The fourth-order valence-electron chi connectivity index (χ4n) is 2.90. The first-order chi connectivity index (χ1) is 11.6. The van der Waals surface area contributed by atoms with Crippen molar-refractivity contribution in [1.82, 2.24) is 4.90 Å². The average Bonchev–Trinajstić information content (AvgIpc) is 2.93. The molecule has 1 aliphatic rings. The van der Waals surface area contributed by atoms with Crippen molar-refractivity contribution >= 4 is 23.7 Å². The number of hydrogen-bond donors (Lipinski definition) is 0. The number of ether oxygens (including phenoxy) is 2. The van der Waals surface area contributed by atoms with Crippen LogP contribution in [0.2, 0.25) is 5.02 Å². The Hall–Kier alpha value is -1.82. The summed E-state index contributed by atoms with van der Waals surface area (Å²) in [5, 5.41) is -0.0266. The fraction of sp³-hybridized carbons (Fsp3) is 0.556. The molecule has 138 valence electrons. The zero-order chi connectivity index (χ0) is 18.8. The number of nitrogens with zero attached hydrogens (tertiary/aromatic N) is 1.